The molecule has 1 unspecified atom stereocenters. The van der Waals surface area contributed by atoms with Gasteiger partial charge in [-0.05, 0) is 24.1 Å². The Hall–Kier alpha value is -2.89. The van der Waals surface area contributed by atoms with Gasteiger partial charge in [0, 0.05) is 31.7 Å². The van der Waals surface area contributed by atoms with Gasteiger partial charge in [-0.1, -0.05) is 43.3 Å². The first-order valence-electron chi connectivity index (χ1n) is 8.99. The van der Waals surface area contributed by atoms with Gasteiger partial charge in [0.2, 0.25) is 0 Å². The van der Waals surface area contributed by atoms with Gasteiger partial charge in [-0.15, -0.1) is 10.2 Å². The molecular weight excluding hydrogens is 324 g/mol. The van der Waals surface area contributed by atoms with Crippen molar-refractivity contribution in [3.63, 3.8) is 0 Å². The lowest BCUT2D eigenvalue weighted by molar-refractivity contribution is 0.438. The second-order valence-corrected chi connectivity index (χ2v) is 7.04. The number of nitrogens with zero attached hydrogens (tertiary/aromatic N) is 5. The summed E-state index contributed by atoms with van der Waals surface area (Å²) in [7, 11) is 1.84. The number of hydrogen-bond donors (Lipinski definition) is 1. The predicted octanol–water partition coefficient (Wildman–Crippen LogP) is 2.47. The van der Waals surface area contributed by atoms with Crippen molar-refractivity contribution in [1.82, 2.24) is 24.8 Å². The van der Waals surface area contributed by atoms with E-state index in [-0.39, 0.29) is 5.41 Å². The number of fused-ring (bicyclic) bond motifs is 1. The molecule has 6 nitrogen and oxygen atoms in total. The molecule has 0 spiro atoms. The lowest BCUT2D eigenvalue weighted by Crippen LogP contribution is -2.41. The molecule has 6 heteroatoms. The van der Waals surface area contributed by atoms with Crippen molar-refractivity contribution in [2.75, 3.05) is 20.1 Å². The Morgan fingerprint density at radius 3 is 2.77 bits per heavy atom. The van der Waals surface area contributed by atoms with Crippen molar-refractivity contribution in [3.05, 3.63) is 66.1 Å². The summed E-state index contributed by atoms with van der Waals surface area (Å²) in [4.78, 5) is 6.81. The van der Waals surface area contributed by atoms with Crippen LogP contribution in [0.4, 0.5) is 0 Å². The van der Waals surface area contributed by atoms with Crippen LogP contribution in [0.3, 0.4) is 0 Å². The summed E-state index contributed by atoms with van der Waals surface area (Å²) in [6.07, 6.45) is 3.10. The van der Waals surface area contributed by atoms with Gasteiger partial charge in [-0.2, -0.15) is 0 Å². The maximum absolute atomic E-state index is 4.48. The Bertz CT molecular complexity index is 916. The Balaban J connectivity index is 1.45. The van der Waals surface area contributed by atoms with E-state index in [9.17, 15) is 0 Å². The zero-order valence-electron chi connectivity index (χ0n) is 15.3. The first kappa shape index (κ1) is 16.6. The Morgan fingerprint density at radius 2 is 1.96 bits per heavy atom. The highest BCUT2D eigenvalue weighted by molar-refractivity contribution is 5.80. The molecule has 2 aromatic heterocycles. The summed E-state index contributed by atoms with van der Waals surface area (Å²) in [5.41, 5.74) is 2.40. The molecular formula is C20H24N6. The monoisotopic (exact) mass is 348 g/mol. The molecule has 1 saturated heterocycles. The van der Waals surface area contributed by atoms with E-state index in [1.807, 2.05) is 35.8 Å². The maximum atomic E-state index is 4.48. The molecule has 0 aliphatic carbocycles. The minimum absolute atomic E-state index is 0.153. The van der Waals surface area contributed by atoms with Crippen LogP contribution in [0.25, 0.3) is 5.65 Å². The standard InChI is InChI=1S/C20H24N6/c1-20(16-8-4-3-5-9-16)11-13-25(15-20)19(21-2)22-14-18-24-23-17-10-6-7-12-26(17)18/h3-10,12H,11,13-15H2,1-2H3,(H,21,22). The SMILES string of the molecule is CN=C(NCc1nnc2ccccn12)N1CCC(C)(c2ccccc2)C1. The quantitative estimate of drug-likeness (QED) is 0.584. The number of rotatable bonds is 3. The highest BCUT2D eigenvalue weighted by atomic mass is 15.3. The van der Waals surface area contributed by atoms with Crippen LogP contribution in [0, 0.1) is 0 Å². The third-order valence-corrected chi connectivity index (χ3v) is 5.24. The average molecular weight is 348 g/mol. The molecule has 0 bridgehead atoms. The van der Waals surface area contributed by atoms with E-state index in [0.29, 0.717) is 6.54 Å². The minimum atomic E-state index is 0.153. The molecule has 0 amide bonds. The molecule has 0 saturated carbocycles. The molecule has 1 fully saturated rings. The fourth-order valence-corrected chi connectivity index (χ4v) is 3.72. The number of benzene rings is 1. The van der Waals surface area contributed by atoms with E-state index < -0.39 is 0 Å². The molecule has 1 aliphatic heterocycles. The summed E-state index contributed by atoms with van der Waals surface area (Å²) in [6, 6.07) is 16.7. The number of likely N-dealkylation sites (tertiary alicyclic amines) is 1. The van der Waals surface area contributed by atoms with Crippen LogP contribution < -0.4 is 5.32 Å². The second kappa shape index (κ2) is 6.78. The molecule has 3 aromatic rings. The van der Waals surface area contributed by atoms with E-state index in [0.717, 1.165) is 36.9 Å². The van der Waals surface area contributed by atoms with Crippen LogP contribution in [0.5, 0.6) is 0 Å². The van der Waals surface area contributed by atoms with E-state index in [2.05, 4.69) is 62.7 Å². The van der Waals surface area contributed by atoms with Crippen molar-refractivity contribution in [1.29, 1.82) is 0 Å². The van der Waals surface area contributed by atoms with Crippen LogP contribution in [0.2, 0.25) is 0 Å². The smallest absolute Gasteiger partial charge is 0.194 e. The zero-order valence-corrected chi connectivity index (χ0v) is 15.3. The first-order chi connectivity index (χ1) is 12.7. The van der Waals surface area contributed by atoms with E-state index in [1.165, 1.54) is 5.56 Å². The first-order valence-corrected chi connectivity index (χ1v) is 8.99. The minimum Gasteiger partial charge on any atom is -0.349 e. The van der Waals surface area contributed by atoms with Gasteiger partial charge in [0.1, 0.15) is 0 Å². The summed E-state index contributed by atoms with van der Waals surface area (Å²) in [6.45, 7) is 4.88. The maximum Gasteiger partial charge on any atom is 0.194 e. The van der Waals surface area contributed by atoms with Crippen LogP contribution in [-0.4, -0.2) is 45.6 Å². The molecule has 3 heterocycles. The Morgan fingerprint density at radius 1 is 1.15 bits per heavy atom. The second-order valence-electron chi connectivity index (χ2n) is 7.04. The normalized spacial score (nSPS) is 20.7. The molecule has 1 aromatic carbocycles. The van der Waals surface area contributed by atoms with Gasteiger partial charge >= 0.3 is 0 Å². The summed E-state index contributed by atoms with van der Waals surface area (Å²) in [5.74, 6) is 1.80. The van der Waals surface area contributed by atoms with E-state index in [1.54, 1.807) is 0 Å². The number of hydrogen-bond acceptors (Lipinski definition) is 3. The van der Waals surface area contributed by atoms with Gasteiger partial charge in [0.05, 0.1) is 6.54 Å². The molecule has 1 atom stereocenters. The molecule has 134 valence electrons. The molecule has 1 N–H and O–H groups in total. The molecule has 4 rings (SSSR count). The summed E-state index contributed by atoms with van der Waals surface area (Å²) < 4.78 is 2.00. The summed E-state index contributed by atoms with van der Waals surface area (Å²) in [5, 5.41) is 11.9. The van der Waals surface area contributed by atoms with Crippen LogP contribution in [0.15, 0.2) is 59.7 Å². The molecule has 1 aliphatic rings. The molecule has 0 radical (unpaired) electrons. The van der Waals surface area contributed by atoms with Crippen molar-refractivity contribution < 1.29 is 0 Å². The van der Waals surface area contributed by atoms with Crippen molar-refractivity contribution in [3.8, 4) is 0 Å². The van der Waals surface area contributed by atoms with Gasteiger partial charge in [0.15, 0.2) is 17.4 Å². The van der Waals surface area contributed by atoms with Gasteiger partial charge in [0.25, 0.3) is 0 Å². The third kappa shape index (κ3) is 3.03. The molecule has 26 heavy (non-hydrogen) atoms. The number of guanidine groups is 1. The highest BCUT2D eigenvalue weighted by Gasteiger charge is 2.36. The summed E-state index contributed by atoms with van der Waals surface area (Å²) >= 11 is 0. The topological polar surface area (TPSA) is 57.8 Å². The third-order valence-electron chi connectivity index (χ3n) is 5.24. The van der Waals surface area contributed by atoms with Crippen molar-refractivity contribution >= 4 is 11.6 Å². The largest absolute Gasteiger partial charge is 0.349 e. The number of pyridine rings is 1. The fraction of sp³-hybridized carbons (Fsp3) is 0.350. The van der Waals surface area contributed by atoms with Crippen molar-refractivity contribution in [2.45, 2.75) is 25.3 Å². The number of nitrogens with one attached hydrogen (secondary N) is 1. The van der Waals surface area contributed by atoms with Gasteiger partial charge in [-0.3, -0.25) is 9.39 Å². The van der Waals surface area contributed by atoms with Gasteiger partial charge in [-0.25, -0.2) is 0 Å². The number of aliphatic imine (C=N–C) groups is 1. The fourth-order valence-electron chi connectivity index (χ4n) is 3.72. The van der Waals surface area contributed by atoms with Crippen molar-refractivity contribution in [2.24, 2.45) is 4.99 Å². The van der Waals surface area contributed by atoms with E-state index >= 15 is 0 Å². The van der Waals surface area contributed by atoms with Gasteiger partial charge < -0.3 is 10.2 Å². The lowest BCUT2D eigenvalue weighted by Gasteiger charge is -2.27. The van der Waals surface area contributed by atoms with Crippen LogP contribution in [0.1, 0.15) is 24.7 Å². The van der Waals surface area contributed by atoms with Crippen LogP contribution in [-0.2, 0) is 12.0 Å². The van der Waals surface area contributed by atoms with Crippen LogP contribution >= 0.6 is 0 Å². The Kier molecular flexibility index (Phi) is 4.32. The number of aromatic nitrogens is 3. The zero-order chi connectivity index (χ0) is 18.0. The highest BCUT2D eigenvalue weighted by Crippen LogP contribution is 2.33. The van der Waals surface area contributed by atoms with E-state index in [4.69, 9.17) is 0 Å². The Labute approximate surface area is 153 Å². The average Bonchev–Trinajstić information content (AvgIpc) is 3.28. The predicted molar refractivity (Wildman–Crippen MR) is 103 cm³/mol. The lowest BCUT2D eigenvalue weighted by atomic mass is 9.82.